The molecule has 1 aliphatic rings. The lowest BCUT2D eigenvalue weighted by molar-refractivity contribution is -0.116. The molecular formula is C25H21FN2O3. The van der Waals surface area contributed by atoms with Crippen LogP contribution in [0.25, 0.3) is 10.9 Å². The van der Waals surface area contributed by atoms with Crippen molar-refractivity contribution < 1.29 is 19.0 Å². The minimum Gasteiger partial charge on any atom is -0.504 e. The molecule has 0 bridgehead atoms. The molecule has 5 rings (SSSR count). The van der Waals surface area contributed by atoms with E-state index in [1.807, 2.05) is 36.5 Å². The zero-order valence-electron chi connectivity index (χ0n) is 16.9. The number of nitrogens with zero attached hydrogens (tertiary/aromatic N) is 1. The minimum absolute atomic E-state index is 0.0355. The number of methoxy groups -OCH3 is 1. The number of carbonyl (C=O) groups is 1. The fourth-order valence-electron chi connectivity index (χ4n) is 4.43. The number of phenols is 1. The maximum absolute atomic E-state index is 13.7. The summed E-state index contributed by atoms with van der Waals surface area (Å²) in [5, 5.41) is 14.3. The minimum atomic E-state index is -0.269. The third-order valence-corrected chi connectivity index (χ3v) is 5.82. The molecule has 0 unspecified atom stereocenters. The number of benzene rings is 3. The lowest BCUT2D eigenvalue weighted by Gasteiger charge is -2.16. The van der Waals surface area contributed by atoms with Crippen LogP contribution in [0.3, 0.4) is 0 Å². The number of hydrogen-bond acceptors (Lipinski definition) is 3. The first-order valence-electron chi connectivity index (χ1n) is 10.1. The van der Waals surface area contributed by atoms with Crippen molar-refractivity contribution in [3.63, 3.8) is 0 Å². The summed E-state index contributed by atoms with van der Waals surface area (Å²) in [4.78, 5) is 12.6. The normalized spacial score (nSPS) is 15.5. The Morgan fingerprint density at radius 2 is 2.00 bits per heavy atom. The van der Waals surface area contributed by atoms with Crippen LogP contribution >= 0.6 is 0 Å². The Bertz CT molecular complexity index is 1310. The highest BCUT2D eigenvalue weighted by Gasteiger charge is 2.28. The maximum atomic E-state index is 13.7. The van der Waals surface area contributed by atoms with E-state index in [1.54, 1.807) is 18.2 Å². The van der Waals surface area contributed by atoms with Gasteiger partial charge in [-0.2, -0.15) is 0 Å². The summed E-state index contributed by atoms with van der Waals surface area (Å²) in [6.07, 6.45) is 2.28. The van der Waals surface area contributed by atoms with Crippen molar-refractivity contribution in [3.8, 4) is 11.5 Å². The predicted molar refractivity (Wildman–Crippen MR) is 117 cm³/mol. The van der Waals surface area contributed by atoms with Crippen LogP contribution in [-0.4, -0.2) is 22.7 Å². The molecule has 2 N–H and O–H groups in total. The van der Waals surface area contributed by atoms with Crippen LogP contribution in [-0.2, 0) is 11.3 Å². The monoisotopic (exact) mass is 416 g/mol. The lowest BCUT2D eigenvalue weighted by Crippen LogP contribution is -2.14. The number of rotatable bonds is 4. The van der Waals surface area contributed by atoms with Crippen molar-refractivity contribution in [2.45, 2.75) is 18.9 Å². The van der Waals surface area contributed by atoms with E-state index >= 15 is 0 Å². The van der Waals surface area contributed by atoms with Gasteiger partial charge in [-0.1, -0.05) is 24.3 Å². The van der Waals surface area contributed by atoms with Crippen molar-refractivity contribution in [1.29, 1.82) is 0 Å². The Kier molecular flexibility index (Phi) is 4.62. The van der Waals surface area contributed by atoms with Crippen molar-refractivity contribution in [1.82, 2.24) is 4.57 Å². The molecule has 0 aliphatic carbocycles. The first kappa shape index (κ1) is 19.2. The molecular weight excluding hydrogens is 395 g/mol. The molecule has 6 heteroatoms. The molecule has 1 amide bonds. The van der Waals surface area contributed by atoms with Gasteiger partial charge in [0.25, 0.3) is 0 Å². The van der Waals surface area contributed by atoms with Gasteiger partial charge in [0.1, 0.15) is 5.82 Å². The van der Waals surface area contributed by atoms with Crippen LogP contribution in [0.5, 0.6) is 11.5 Å². The molecule has 1 atom stereocenters. The molecule has 0 saturated heterocycles. The van der Waals surface area contributed by atoms with E-state index in [9.17, 15) is 14.3 Å². The summed E-state index contributed by atoms with van der Waals surface area (Å²) in [5.41, 5.74) is 4.39. The summed E-state index contributed by atoms with van der Waals surface area (Å²) in [6.45, 7) is 0.506. The molecule has 1 aliphatic heterocycles. The summed E-state index contributed by atoms with van der Waals surface area (Å²) in [7, 11) is 1.50. The van der Waals surface area contributed by atoms with Gasteiger partial charge in [0.05, 0.1) is 18.3 Å². The quantitative estimate of drug-likeness (QED) is 0.491. The fourth-order valence-corrected chi connectivity index (χ4v) is 4.43. The van der Waals surface area contributed by atoms with E-state index < -0.39 is 0 Å². The van der Waals surface area contributed by atoms with Crippen LogP contribution < -0.4 is 10.1 Å². The van der Waals surface area contributed by atoms with Crippen LogP contribution in [0.2, 0.25) is 0 Å². The van der Waals surface area contributed by atoms with Crippen LogP contribution in [0, 0.1) is 5.82 Å². The third kappa shape index (κ3) is 3.40. The predicted octanol–water partition coefficient (Wildman–Crippen LogP) is 5.02. The molecule has 0 radical (unpaired) electrons. The van der Waals surface area contributed by atoms with Crippen molar-refractivity contribution in [2.24, 2.45) is 0 Å². The average Bonchev–Trinajstić information content (AvgIpc) is 3.03. The number of aromatic nitrogens is 1. The lowest BCUT2D eigenvalue weighted by atomic mass is 9.88. The second-order valence-corrected chi connectivity index (χ2v) is 7.78. The molecule has 5 nitrogen and oxygen atoms in total. The topological polar surface area (TPSA) is 63.5 Å². The van der Waals surface area contributed by atoms with Crippen LogP contribution in [0.1, 0.15) is 29.0 Å². The number of hydrogen-bond donors (Lipinski definition) is 2. The van der Waals surface area contributed by atoms with E-state index in [2.05, 4.69) is 9.88 Å². The first-order valence-corrected chi connectivity index (χ1v) is 10.1. The van der Waals surface area contributed by atoms with Gasteiger partial charge in [-0.25, -0.2) is 4.39 Å². The number of carbonyl (C=O) groups excluding carboxylic acids is 1. The Morgan fingerprint density at radius 3 is 2.77 bits per heavy atom. The van der Waals surface area contributed by atoms with Gasteiger partial charge in [0.15, 0.2) is 11.5 Å². The Balaban J connectivity index is 1.67. The van der Waals surface area contributed by atoms with Gasteiger partial charge in [-0.15, -0.1) is 0 Å². The van der Waals surface area contributed by atoms with E-state index in [1.165, 1.54) is 19.2 Å². The third-order valence-electron chi connectivity index (χ3n) is 5.82. The fraction of sp³-hybridized carbons (Fsp3) is 0.160. The second kappa shape index (κ2) is 7.47. The highest BCUT2D eigenvalue weighted by molar-refractivity contribution is 6.06. The Labute approximate surface area is 178 Å². The number of amides is 1. The number of anilines is 1. The largest absolute Gasteiger partial charge is 0.504 e. The summed E-state index contributed by atoms with van der Waals surface area (Å²) in [5.74, 6) is -0.170. The standard InChI is InChI=1S/C25H21FN2O3/c1-31-23-9-8-16(11-22(23)29)18-12-24(30)27-20-6-3-7-21-25(20)19(18)14-28(21)13-15-4-2-5-17(26)10-15/h2-11,14,18,29H,12-13H2,1H3,(H,27,30)/t18-/m0/s1. The van der Waals surface area contributed by atoms with E-state index in [-0.39, 0.29) is 29.8 Å². The maximum Gasteiger partial charge on any atom is 0.225 e. The molecule has 156 valence electrons. The highest BCUT2D eigenvalue weighted by Crippen LogP contribution is 2.42. The van der Waals surface area contributed by atoms with E-state index in [0.717, 1.165) is 33.3 Å². The Hall–Kier alpha value is -3.80. The van der Waals surface area contributed by atoms with Gasteiger partial charge >= 0.3 is 0 Å². The first-order chi connectivity index (χ1) is 15.0. The average molecular weight is 416 g/mol. The number of halogens is 1. The van der Waals surface area contributed by atoms with Gasteiger partial charge < -0.3 is 19.7 Å². The van der Waals surface area contributed by atoms with Gasteiger partial charge in [0.2, 0.25) is 5.91 Å². The SMILES string of the molecule is COc1ccc([C@@H]2CC(=O)Nc3cccc4c3c2cn4Cc2cccc(F)c2)cc1O. The number of phenolic OH excluding ortho intramolecular Hbond substituents is 1. The summed E-state index contributed by atoms with van der Waals surface area (Å²) in [6, 6.07) is 17.6. The zero-order chi connectivity index (χ0) is 21.5. The van der Waals surface area contributed by atoms with E-state index in [0.29, 0.717) is 12.3 Å². The van der Waals surface area contributed by atoms with Crippen LogP contribution in [0.15, 0.2) is 66.9 Å². The van der Waals surface area contributed by atoms with Crippen molar-refractivity contribution >= 4 is 22.5 Å². The van der Waals surface area contributed by atoms with Crippen molar-refractivity contribution in [2.75, 3.05) is 12.4 Å². The van der Waals surface area contributed by atoms with Gasteiger partial charge in [0, 0.05) is 30.5 Å². The van der Waals surface area contributed by atoms with E-state index in [4.69, 9.17) is 4.74 Å². The highest BCUT2D eigenvalue weighted by atomic mass is 19.1. The molecule has 4 aromatic rings. The molecule has 0 fully saturated rings. The Morgan fingerprint density at radius 1 is 1.16 bits per heavy atom. The molecule has 1 aromatic heterocycles. The summed E-state index contributed by atoms with van der Waals surface area (Å²) >= 11 is 0. The zero-order valence-corrected chi connectivity index (χ0v) is 16.9. The second-order valence-electron chi connectivity index (χ2n) is 7.78. The molecule has 31 heavy (non-hydrogen) atoms. The van der Waals surface area contributed by atoms with Crippen LogP contribution in [0.4, 0.5) is 10.1 Å². The van der Waals surface area contributed by atoms with Gasteiger partial charge in [-0.05, 0) is 53.1 Å². The van der Waals surface area contributed by atoms with Crippen molar-refractivity contribution in [3.05, 3.63) is 89.4 Å². The smallest absolute Gasteiger partial charge is 0.225 e. The molecule has 2 heterocycles. The van der Waals surface area contributed by atoms with Gasteiger partial charge in [-0.3, -0.25) is 4.79 Å². The summed E-state index contributed by atoms with van der Waals surface area (Å²) < 4.78 is 21.0. The number of ether oxygens (including phenoxy) is 1. The molecule has 0 saturated carbocycles. The number of nitrogens with one attached hydrogen (secondary N) is 1. The molecule has 3 aromatic carbocycles. The molecule has 0 spiro atoms. The number of aromatic hydroxyl groups is 1.